The zero-order chi connectivity index (χ0) is 14.0. The first-order valence-corrected chi connectivity index (χ1v) is 6.79. The highest BCUT2D eigenvalue weighted by Crippen LogP contribution is 2.31. The number of anilines is 1. The number of hydrogen-bond donors (Lipinski definition) is 1. The zero-order valence-corrected chi connectivity index (χ0v) is 12.1. The van der Waals surface area contributed by atoms with Gasteiger partial charge in [0.1, 0.15) is 4.32 Å². The van der Waals surface area contributed by atoms with Crippen molar-refractivity contribution >= 4 is 51.9 Å². The average Bonchev–Trinajstić information content (AvgIpc) is 2.59. The van der Waals surface area contributed by atoms with E-state index in [1.54, 1.807) is 25.3 Å². The number of hydrogen-bond acceptors (Lipinski definition) is 4. The normalized spacial score (nSPS) is 17.2. The molecule has 0 spiro atoms. The second kappa shape index (κ2) is 5.54. The van der Waals surface area contributed by atoms with Crippen LogP contribution >= 0.6 is 24.0 Å². The van der Waals surface area contributed by atoms with E-state index < -0.39 is 0 Å². The highest BCUT2D eigenvalue weighted by molar-refractivity contribution is 8.26. The lowest BCUT2D eigenvalue weighted by Gasteiger charge is -2.04. The summed E-state index contributed by atoms with van der Waals surface area (Å²) in [5, 5.41) is 2.69. The number of nitrogens with zero attached hydrogens (tertiary/aromatic N) is 1. The molecule has 0 saturated carbocycles. The van der Waals surface area contributed by atoms with Crippen LogP contribution in [0.5, 0.6) is 0 Å². The highest BCUT2D eigenvalue weighted by Gasteiger charge is 2.28. The van der Waals surface area contributed by atoms with E-state index in [1.807, 2.05) is 12.1 Å². The molecule has 1 aromatic rings. The Bertz CT molecular complexity index is 579. The quantitative estimate of drug-likeness (QED) is 0.672. The molecule has 4 nitrogen and oxygen atoms in total. The van der Waals surface area contributed by atoms with Crippen molar-refractivity contribution in [2.24, 2.45) is 0 Å². The van der Waals surface area contributed by atoms with Gasteiger partial charge in [-0.25, -0.2) is 0 Å². The molecule has 0 bridgehead atoms. The van der Waals surface area contributed by atoms with Crippen LogP contribution in [0.4, 0.5) is 5.69 Å². The van der Waals surface area contributed by atoms with Gasteiger partial charge < -0.3 is 5.32 Å². The lowest BCUT2D eigenvalue weighted by Crippen LogP contribution is -2.22. The zero-order valence-electron chi connectivity index (χ0n) is 10.5. The number of benzene rings is 1. The summed E-state index contributed by atoms with van der Waals surface area (Å²) in [7, 11) is 1.67. The molecule has 0 aromatic heterocycles. The number of carbonyl (C=O) groups excluding carboxylic acids is 2. The monoisotopic (exact) mass is 292 g/mol. The third-order valence-electron chi connectivity index (χ3n) is 2.52. The summed E-state index contributed by atoms with van der Waals surface area (Å²) in [6.45, 7) is 1.46. The first-order valence-electron chi connectivity index (χ1n) is 5.56. The second-order valence-corrected chi connectivity index (χ2v) is 5.72. The number of likely N-dealkylation sites (N-methyl/N-ethyl adjacent to an activating group) is 1. The summed E-state index contributed by atoms with van der Waals surface area (Å²) in [4.78, 5) is 24.8. The maximum atomic E-state index is 11.8. The van der Waals surface area contributed by atoms with Crippen molar-refractivity contribution in [3.05, 3.63) is 34.7 Å². The Hall–Kier alpha value is -1.66. The van der Waals surface area contributed by atoms with Crippen LogP contribution in [0, 0.1) is 0 Å². The van der Waals surface area contributed by atoms with Crippen molar-refractivity contribution in [2.45, 2.75) is 6.92 Å². The summed E-state index contributed by atoms with van der Waals surface area (Å²) < 4.78 is 0.561. The van der Waals surface area contributed by atoms with Gasteiger partial charge in [-0.05, 0) is 23.8 Å². The minimum Gasteiger partial charge on any atom is -0.326 e. The summed E-state index contributed by atoms with van der Waals surface area (Å²) in [5.74, 6) is -0.194. The highest BCUT2D eigenvalue weighted by atomic mass is 32.2. The van der Waals surface area contributed by atoms with Crippen molar-refractivity contribution in [1.82, 2.24) is 4.90 Å². The van der Waals surface area contributed by atoms with Gasteiger partial charge in [-0.2, -0.15) is 0 Å². The molecule has 0 radical (unpaired) electrons. The Morgan fingerprint density at radius 2 is 2.00 bits per heavy atom. The van der Waals surface area contributed by atoms with Gasteiger partial charge >= 0.3 is 0 Å². The lowest BCUT2D eigenvalue weighted by atomic mass is 10.2. The van der Waals surface area contributed by atoms with E-state index in [9.17, 15) is 9.59 Å². The van der Waals surface area contributed by atoms with Crippen LogP contribution in [0.1, 0.15) is 12.5 Å². The molecule has 1 aliphatic heterocycles. The van der Waals surface area contributed by atoms with Crippen LogP contribution in [0.2, 0.25) is 0 Å². The van der Waals surface area contributed by atoms with Gasteiger partial charge in [0.25, 0.3) is 5.91 Å². The fourth-order valence-electron chi connectivity index (χ4n) is 1.56. The Morgan fingerprint density at radius 3 is 2.47 bits per heavy atom. The summed E-state index contributed by atoms with van der Waals surface area (Å²) in [5.41, 5.74) is 1.62. The molecule has 1 heterocycles. The molecule has 1 aliphatic rings. The molecule has 6 heteroatoms. The molecule has 0 unspecified atom stereocenters. The first-order chi connectivity index (χ1) is 8.97. The minimum absolute atomic E-state index is 0.0825. The number of thioether (sulfide) groups is 1. The van der Waals surface area contributed by atoms with Crippen molar-refractivity contribution < 1.29 is 9.59 Å². The van der Waals surface area contributed by atoms with Crippen molar-refractivity contribution in [3.8, 4) is 0 Å². The van der Waals surface area contributed by atoms with Gasteiger partial charge in [0.05, 0.1) is 4.91 Å². The van der Waals surface area contributed by atoms with E-state index >= 15 is 0 Å². The number of thiocarbonyl (C=S) groups is 1. The molecular weight excluding hydrogens is 280 g/mol. The maximum Gasteiger partial charge on any atom is 0.265 e. The van der Waals surface area contributed by atoms with Crippen LogP contribution in [0.15, 0.2) is 29.2 Å². The largest absolute Gasteiger partial charge is 0.326 e. The number of amides is 2. The van der Waals surface area contributed by atoms with E-state index in [0.717, 1.165) is 11.3 Å². The molecule has 1 saturated heterocycles. The number of carbonyl (C=O) groups is 2. The molecule has 98 valence electrons. The number of rotatable bonds is 2. The molecule has 1 aromatic carbocycles. The van der Waals surface area contributed by atoms with Crippen LogP contribution in [-0.2, 0) is 9.59 Å². The third kappa shape index (κ3) is 3.21. The molecule has 1 N–H and O–H groups in total. The fraction of sp³-hybridized carbons (Fsp3) is 0.154. The Labute approximate surface area is 120 Å². The van der Waals surface area contributed by atoms with Gasteiger partial charge in [-0.3, -0.25) is 14.5 Å². The van der Waals surface area contributed by atoms with Gasteiger partial charge in [-0.15, -0.1) is 0 Å². The van der Waals surface area contributed by atoms with Gasteiger partial charge in [0, 0.05) is 19.7 Å². The summed E-state index contributed by atoms with van der Waals surface area (Å²) >= 11 is 6.35. The van der Waals surface area contributed by atoms with Gasteiger partial charge in [0.15, 0.2) is 0 Å². The Balaban J connectivity index is 2.18. The standard InChI is InChI=1S/C13H12N2O2S2/c1-8(16)14-10-5-3-9(4-6-10)7-11-12(17)15(2)13(18)19-11/h3-7H,1-2H3,(H,14,16)/b11-7+. The SMILES string of the molecule is CC(=O)Nc1ccc(/C=C2/SC(=S)N(C)C2=O)cc1. The van der Waals surface area contributed by atoms with Crippen LogP contribution < -0.4 is 5.32 Å². The Kier molecular flexibility index (Phi) is 4.01. The van der Waals surface area contributed by atoms with E-state index in [-0.39, 0.29) is 11.8 Å². The minimum atomic E-state index is -0.111. The smallest absolute Gasteiger partial charge is 0.265 e. The Morgan fingerprint density at radius 1 is 1.37 bits per heavy atom. The topological polar surface area (TPSA) is 49.4 Å². The van der Waals surface area contributed by atoms with Crippen LogP contribution in [-0.4, -0.2) is 28.1 Å². The average molecular weight is 292 g/mol. The fourth-order valence-corrected chi connectivity index (χ4v) is 2.74. The van der Waals surface area contributed by atoms with E-state index in [0.29, 0.717) is 9.23 Å². The van der Waals surface area contributed by atoms with Gasteiger partial charge in [-0.1, -0.05) is 36.1 Å². The molecular formula is C13H12N2O2S2. The first kappa shape index (κ1) is 13.8. The summed E-state index contributed by atoms with van der Waals surface area (Å²) in [6.07, 6.45) is 1.79. The van der Waals surface area contributed by atoms with Crippen LogP contribution in [0.3, 0.4) is 0 Å². The van der Waals surface area contributed by atoms with E-state index in [2.05, 4.69) is 5.32 Å². The lowest BCUT2D eigenvalue weighted by molar-refractivity contribution is -0.121. The van der Waals surface area contributed by atoms with Crippen molar-refractivity contribution in [1.29, 1.82) is 0 Å². The number of nitrogens with one attached hydrogen (secondary N) is 1. The van der Waals surface area contributed by atoms with Crippen LogP contribution in [0.25, 0.3) is 6.08 Å². The molecule has 0 atom stereocenters. The van der Waals surface area contributed by atoms with E-state index in [4.69, 9.17) is 12.2 Å². The maximum absolute atomic E-state index is 11.8. The third-order valence-corrected chi connectivity index (χ3v) is 4.00. The molecule has 19 heavy (non-hydrogen) atoms. The summed E-state index contributed by atoms with van der Waals surface area (Å²) in [6, 6.07) is 7.26. The molecule has 1 fully saturated rings. The van der Waals surface area contributed by atoms with Gasteiger partial charge in [0.2, 0.25) is 5.91 Å². The predicted molar refractivity (Wildman–Crippen MR) is 81.7 cm³/mol. The van der Waals surface area contributed by atoms with Crippen molar-refractivity contribution in [3.63, 3.8) is 0 Å². The molecule has 0 aliphatic carbocycles. The predicted octanol–water partition coefficient (Wildman–Crippen LogP) is 2.48. The molecule has 2 amide bonds. The van der Waals surface area contributed by atoms with E-state index in [1.165, 1.54) is 23.6 Å². The second-order valence-electron chi connectivity index (χ2n) is 4.04. The molecule has 2 rings (SSSR count). The van der Waals surface area contributed by atoms with Crippen molar-refractivity contribution in [2.75, 3.05) is 12.4 Å².